The summed E-state index contributed by atoms with van der Waals surface area (Å²) in [5.41, 5.74) is 0. The Morgan fingerprint density at radius 1 is 1.58 bits per heavy atom. The van der Waals surface area contributed by atoms with Crippen molar-refractivity contribution < 1.29 is 9.90 Å². The van der Waals surface area contributed by atoms with Crippen molar-refractivity contribution in [3.63, 3.8) is 0 Å². The smallest absolute Gasteiger partial charge is 0.306 e. The van der Waals surface area contributed by atoms with Gasteiger partial charge in [0.05, 0.1) is 13.8 Å². The van der Waals surface area contributed by atoms with Crippen LogP contribution in [0.15, 0.2) is 0 Å². The lowest BCUT2D eigenvalue weighted by atomic mass is 9.62. The number of carbonyl (C=O) groups is 1. The van der Waals surface area contributed by atoms with Crippen LogP contribution in [-0.4, -0.2) is 18.9 Å². The fraction of sp³-hybridized carbons (Fsp3) is 0.889. The highest BCUT2D eigenvalue weighted by atomic mass is 16.4. The molecule has 1 unspecified atom stereocenters. The second-order valence-corrected chi connectivity index (χ2v) is 3.85. The van der Waals surface area contributed by atoms with E-state index in [2.05, 4.69) is 0 Å². The van der Waals surface area contributed by atoms with Crippen molar-refractivity contribution >= 4 is 13.8 Å². The van der Waals surface area contributed by atoms with E-state index >= 15 is 0 Å². The van der Waals surface area contributed by atoms with Crippen LogP contribution in [0.2, 0.25) is 5.31 Å². The monoisotopic (exact) mass is 168 g/mol. The molecule has 0 spiro atoms. The first kappa shape index (κ1) is 11.5. The molecule has 0 bridgehead atoms. The summed E-state index contributed by atoms with van der Waals surface area (Å²) in [6, 6.07) is 0. The van der Waals surface area contributed by atoms with E-state index in [0.717, 1.165) is 12.8 Å². The average molecular weight is 168 g/mol. The summed E-state index contributed by atoms with van der Waals surface area (Å²) in [5.74, 6) is -1.20. The van der Waals surface area contributed by atoms with Gasteiger partial charge in [-0.25, -0.2) is 0 Å². The zero-order valence-corrected chi connectivity index (χ0v) is 8.13. The second-order valence-electron chi connectivity index (χ2n) is 3.85. The quantitative estimate of drug-likeness (QED) is 0.639. The van der Waals surface area contributed by atoms with Gasteiger partial charge in [-0.2, -0.15) is 0 Å². The van der Waals surface area contributed by atoms with Gasteiger partial charge in [0.25, 0.3) is 0 Å². The van der Waals surface area contributed by atoms with Crippen molar-refractivity contribution in [1.29, 1.82) is 0 Å². The predicted molar refractivity (Wildman–Crippen MR) is 50.4 cm³/mol. The molecule has 68 valence electrons. The molecule has 12 heavy (non-hydrogen) atoms. The maximum absolute atomic E-state index is 10.8. The molecule has 0 aromatic rings. The van der Waals surface area contributed by atoms with E-state index < -0.39 is 17.2 Å². The van der Waals surface area contributed by atoms with Gasteiger partial charge in [0.1, 0.15) is 0 Å². The van der Waals surface area contributed by atoms with Crippen LogP contribution in [0.1, 0.15) is 40.0 Å². The van der Waals surface area contributed by atoms with Crippen LogP contribution in [0.3, 0.4) is 0 Å². The van der Waals surface area contributed by atoms with Crippen molar-refractivity contribution in [2.24, 2.45) is 5.92 Å². The molecule has 0 fully saturated rings. The van der Waals surface area contributed by atoms with Gasteiger partial charge < -0.3 is 5.11 Å². The Balaban J connectivity index is 4.15. The van der Waals surface area contributed by atoms with Crippen LogP contribution in [0.25, 0.3) is 0 Å². The normalized spacial score (nSPS) is 14.2. The first-order chi connectivity index (χ1) is 5.39. The Labute approximate surface area is 75.8 Å². The second kappa shape index (κ2) is 4.53. The summed E-state index contributed by atoms with van der Waals surface area (Å²) in [4.78, 5) is 10.8. The van der Waals surface area contributed by atoms with Crippen molar-refractivity contribution in [2.45, 2.75) is 45.3 Å². The summed E-state index contributed by atoms with van der Waals surface area (Å²) >= 11 is 0. The largest absolute Gasteiger partial charge is 0.481 e. The number of carboxylic acid groups (broad SMARTS) is 1. The van der Waals surface area contributed by atoms with Crippen molar-refractivity contribution in [3.05, 3.63) is 0 Å². The molecule has 3 heteroatoms. The van der Waals surface area contributed by atoms with Gasteiger partial charge in [0.15, 0.2) is 0 Å². The van der Waals surface area contributed by atoms with E-state index in [1.54, 1.807) is 13.8 Å². The van der Waals surface area contributed by atoms with E-state index in [4.69, 9.17) is 13.0 Å². The fourth-order valence-corrected chi connectivity index (χ4v) is 1.22. The number of rotatable bonds is 5. The van der Waals surface area contributed by atoms with Gasteiger partial charge in [0, 0.05) is 0 Å². The van der Waals surface area contributed by atoms with Crippen LogP contribution < -0.4 is 0 Å². The summed E-state index contributed by atoms with van der Waals surface area (Å²) < 4.78 is 0. The number of carboxylic acids is 1. The molecule has 2 nitrogen and oxygen atoms in total. The molecular formula is C9H17BO2. The molecule has 1 N–H and O–H groups in total. The van der Waals surface area contributed by atoms with Gasteiger partial charge in [-0.3, -0.25) is 4.79 Å². The lowest BCUT2D eigenvalue weighted by Crippen LogP contribution is -2.25. The lowest BCUT2D eigenvalue weighted by Gasteiger charge is -2.27. The third kappa shape index (κ3) is 3.79. The van der Waals surface area contributed by atoms with Crippen molar-refractivity contribution in [1.82, 2.24) is 0 Å². The van der Waals surface area contributed by atoms with Crippen molar-refractivity contribution in [2.75, 3.05) is 0 Å². The topological polar surface area (TPSA) is 37.3 Å². The van der Waals surface area contributed by atoms with Gasteiger partial charge in [-0.05, 0) is 6.42 Å². The molecule has 0 heterocycles. The molecule has 0 aliphatic heterocycles. The number of aliphatic carboxylic acids is 1. The van der Waals surface area contributed by atoms with Gasteiger partial charge in [-0.15, -0.1) is 0 Å². The molecular weight excluding hydrogens is 151 g/mol. The minimum atomic E-state index is -0.782. The average Bonchev–Trinajstić information content (AvgIpc) is 1.84. The van der Waals surface area contributed by atoms with E-state index in [1.807, 2.05) is 6.92 Å². The molecule has 0 aliphatic rings. The van der Waals surface area contributed by atoms with Gasteiger partial charge in [0.2, 0.25) is 0 Å². The maximum atomic E-state index is 10.8. The van der Waals surface area contributed by atoms with Gasteiger partial charge in [-0.1, -0.05) is 38.9 Å². The Bertz CT molecular complexity index is 149. The minimum absolute atomic E-state index is 0.419. The first-order valence-corrected chi connectivity index (χ1v) is 4.41. The number of hydrogen-bond donors (Lipinski definition) is 1. The highest BCUT2D eigenvalue weighted by molar-refractivity contribution is 6.16. The summed E-state index contributed by atoms with van der Waals surface area (Å²) in [5, 5.41) is 8.25. The Morgan fingerprint density at radius 2 is 2.08 bits per heavy atom. The van der Waals surface area contributed by atoms with E-state index in [9.17, 15) is 4.79 Å². The highest BCUT2D eigenvalue weighted by Crippen LogP contribution is 2.34. The van der Waals surface area contributed by atoms with Crippen molar-refractivity contribution in [3.8, 4) is 0 Å². The molecule has 0 saturated heterocycles. The Hall–Kier alpha value is -0.465. The molecule has 0 amide bonds. The number of unbranched alkanes of at least 4 members (excludes halogenated alkanes) is 1. The van der Waals surface area contributed by atoms with E-state index in [1.165, 1.54) is 0 Å². The standard InChI is InChI=1S/C9H17BO2/c1-4-5-6-7(8(11)12)9(2,3)10/h7H,4-6H2,1-3H3,(H,11,12). The van der Waals surface area contributed by atoms with Crippen LogP contribution in [0.4, 0.5) is 0 Å². The third-order valence-corrected chi connectivity index (χ3v) is 2.04. The first-order valence-electron chi connectivity index (χ1n) is 4.41. The molecule has 0 aromatic heterocycles. The summed E-state index contributed by atoms with van der Waals surface area (Å²) in [6.45, 7) is 5.57. The molecule has 0 rings (SSSR count). The summed E-state index contributed by atoms with van der Waals surface area (Å²) in [6.07, 6.45) is 2.62. The Kier molecular flexibility index (Phi) is 4.36. The van der Waals surface area contributed by atoms with Crippen LogP contribution in [-0.2, 0) is 4.79 Å². The maximum Gasteiger partial charge on any atom is 0.306 e. The zero-order valence-electron chi connectivity index (χ0n) is 8.13. The molecule has 0 aliphatic carbocycles. The SMILES string of the molecule is [B]C(C)(C)C(CCCC)C(=O)O. The van der Waals surface area contributed by atoms with Crippen LogP contribution in [0.5, 0.6) is 0 Å². The molecule has 2 radical (unpaired) electrons. The molecule has 1 atom stereocenters. The molecule has 0 saturated carbocycles. The molecule has 0 aromatic carbocycles. The van der Waals surface area contributed by atoms with E-state index in [-0.39, 0.29) is 0 Å². The van der Waals surface area contributed by atoms with Crippen LogP contribution in [0, 0.1) is 5.92 Å². The van der Waals surface area contributed by atoms with E-state index in [0.29, 0.717) is 6.42 Å². The fourth-order valence-electron chi connectivity index (χ4n) is 1.22. The van der Waals surface area contributed by atoms with Gasteiger partial charge >= 0.3 is 5.97 Å². The number of hydrogen-bond acceptors (Lipinski definition) is 1. The third-order valence-electron chi connectivity index (χ3n) is 2.04. The Morgan fingerprint density at radius 3 is 2.33 bits per heavy atom. The highest BCUT2D eigenvalue weighted by Gasteiger charge is 2.29. The summed E-state index contributed by atoms with van der Waals surface area (Å²) in [7, 11) is 5.74. The lowest BCUT2D eigenvalue weighted by molar-refractivity contribution is -0.143. The minimum Gasteiger partial charge on any atom is -0.481 e. The predicted octanol–water partition coefficient (Wildman–Crippen LogP) is 2.24. The van der Waals surface area contributed by atoms with Crippen LogP contribution >= 0.6 is 0 Å². The zero-order chi connectivity index (χ0) is 9.78.